The van der Waals surface area contributed by atoms with E-state index in [2.05, 4.69) is 5.32 Å². The molecule has 0 aliphatic carbocycles. The quantitative estimate of drug-likeness (QED) is 0.500. The molecule has 96 valence electrons. The Morgan fingerprint density at radius 2 is 2.12 bits per heavy atom. The molecule has 0 bridgehead atoms. The first kappa shape index (κ1) is 15.7. The second-order valence-electron chi connectivity index (χ2n) is 3.95. The second kappa shape index (κ2) is 8.79. The smallest absolute Gasteiger partial charge is 0.246 e. The van der Waals surface area contributed by atoms with Gasteiger partial charge in [-0.2, -0.15) is 0 Å². The highest BCUT2D eigenvalue weighted by molar-refractivity contribution is 6.17. The summed E-state index contributed by atoms with van der Waals surface area (Å²) in [4.78, 5) is 11.5. The first-order chi connectivity index (χ1) is 7.58. The molecule has 16 heavy (non-hydrogen) atoms. The molecular weight excluding hydrogens is 230 g/mol. The van der Waals surface area contributed by atoms with Crippen LogP contribution in [0.5, 0.6) is 0 Å². The zero-order chi connectivity index (χ0) is 12.4. The number of hydrogen-bond donors (Lipinski definition) is 1. The average molecular weight is 252 g/mol. The summed E-state index contributed by atoms with van der Waals surface area (Å²) in [6.07, 6.45) is 1.61. The Hall–Kier alpha value is -0.320. The fourth-order valence-corrected chi connectivity index (χ4v) is 1.63. The largest absolute Gasteiger partial charge is 0.382 e. The van der Waals surface area contributed by atoms with Crippen molar-refractivity contribution in [3.63, 3.8) is 0 Å². The van der Waals surface area contributed by atoms with Crippen LogP contribution >= 0.6 is 11.6 Å². The third-order valence-electron chi connectivity index (χ3n) is 2.53. The van der Waals surface area contributed by atoms with Gasteiger partial charge >= 0.3 is 0 Å². The van der Waals surface area contributed by atoms with Crippen molar-refractivity contribution in [3.8, 4) is 0 Å². The number of rotatable bonds is 9. The lowest BCUT2D eigenvalue weighted by atomic mass is 9.95. The van der Waals surface area contributed by atoms with E-state index in [1.165, 1.54) is 0 Å². The average Bonchev–Trinajstić information content (AvgIpc) is 2.25. The Bertz CT molecular complexity index is 202. The predicted octanol–water partition coefficient (Wildman–Crippen LogP) is 1.56. The number of carbonyl (C=O) groups is 1. The van der Waals surface area contributed by atoms with Crippen LogP contribution in [0.4, 0.5) is 0 Å². The maximum absolute atomic E-state index is 11.5. The lowest BCUT2D eigenvalue weighted by molar-refractivity contribution is -0.128. The Balaban J connectivity index is 3.82. The highest BCUT2D eigenvalue weighted by Crippen LogP contribution is 2.14. The Kier molecular flexibility index (Phi) is 8.61. The fraction of sp³-hybridized carbons (Fsp3) is 0.909. The molecule has 1 N–H and O–H groups in total. The monoisotopic (exact) mass is 251 g/mol. The van der Waals surface area contributed by atoms with Crippen molar-refractivity contribution in [2.45, 2.75) is 32.2 Å². The minimum absolute atomic E-state index is 0.0707. The lowest BCUT2D eigenvalue weighted by Crippen LogP contribution is -2.47. The summed E-state index contributed by atoms with van der Waals surface area (Å²) in [6, 6.07) is 0. The van der Waals surface area contributed by atoms with E-state index in [9.17, 15) is 4.79 Å². The Morgan fingerprint density at radius 1 is 1.44 bits per heavy atom. The molecule has 0 aliphatic rings. The molecule has 0 rings (SSSR count). The molecule has 1 unspecified atom stereocenters. The molecule has 0 fully saturated rings. The first-order valence-electron chi connectivity index (χ1n) is 5.51. The Labute approximate surface area is 103 Å². The van der Waals surface area contributed by atoms with E-state index in [4.69, 9.17) is 21.1 Å². The number of halogens is 1. The number of amides is 1. The summed E-state index contributed by atoms with van der Waals surface area (Å²) in [7, 11) is 1.60. The molecule has 4 nitrogen and oxygen atoms in total. The molecule has 0 heterocycles. The van der Waals surface area contributed by atoms with Crippen molar-refractivity contribution in [2.24, 2.45) is 0 Å². The number of carbonyl (C=O) groups excluding carboxylic acids is 1. The molecule has 0 spiro atoms. The van der Waals surface area contributed by atoms with Crippen LogP contribution in [0, 0.1) is 0 Å². The maximum Gasteiger partial charge on any atom is 0.246 e. The van der Waals surface area contributed by atoms with Gasteiger partial charge in [0.15, 0.2) is 0 Å². The third kappa shape index (κ3) is 7.04. The number of nitrogens with one attached hydrogen (secondary N) is 1. The van der Waals surface area contributed by atoms with E-state index in [0.29, 0.717) is 19.1 Å². The molecule has 0 aromatic rings. The van der Waals surface area contributed by atoms with Crippen molar-refractivity contribution in [1.29, 1.82) is 0 Å². The van der Waals surface area contributed by atoms with E-state index in [0.717, 1.165) is 12.8 Å². The molecule has 5 heteroatoms. The van der Waals surface area contributed by atoms with Gasteiger partial charge < -0.3 is 14.8 Å². The van der Waals surface area contributed by atoms with Gasteiger partial charge in [0.25, 0.3) is 0 Å². The van der Waals surface area contributed by atoms with Crippen LogP contribution in [0.15, 0.2) is 0 Å². The van der Waals surface area contributed by atoms with Crippen molar-refractivity contribution < 1.29 is 14.3 Å². The van der Waals surface area contributed by atoms with Crippen LogP contribution < -0.4 is 5.32 Å². The number of alkyl halides is 1. The molecule has 0 aromatic carbocycles. The lowest BCUT2D eigenvalue weighted by Gasteiger charge is -2.28. The third-order valence-corrected chi connectivity index (χ3v) is 2.72. The van der Waals surface area contributed by atoms with Crippen LogP contribution in [0.3, 0.4) is 0 Å². The first-order valence-corrected chi connectivity index (χ1v) is 6.05. The van der Waals surface area contributed by atoms with Gasteiger partial charge in [-0.15, -0.1) is 11.6 Å². The molecule has 0 aliphatic heterocycles. The van der Waals surface area contributed by atoms with E-state index in [1.54, 1.807) is 7.11 Å². The van der Waals surface area contributed by atoms with Crippen molar-refractivity contribution in [1.82, 2.24) is 5.32 Å². The molecule has 0 aromatic heterocycles. The standard InChI is InChI=1S/C11H22ClNO3/c1-4-11(2,5-6-12)13-10(14)9-16-8-7-15-3/h4-9H2,1-3H3,(H,13,14). The summed E-state index contributed by atoms with van der Waals surface area (Å²) in [6.45, 7) is 5.02. The van der Waals surface area contributed by atoms with Gasteiger partial charge in [-0.3, -0.25) is 4.79 Å². The summed E-state index contributed by atoms with van der Waals surface area (Å²) in [5, 5.41) is 2.93. The van der Waals surface area contributed by atoms with Crippen LogP contribution in [-0.2, 0) is 14.3 Å². The maximum atomic E-state index is 11.5. The van der Waals surface area contributed by atoms with Crippen LogP contribution in [-0.4, -0.2) is 44.3 Å². The van der Waals surface area contributed by atoms with Crippen LogP contribution in [0.2, 0.25) is 0 Å². The van der Waals surface area contributed by atoms with Gasteiger partial charge in [0, 0.05) is 18.5 Å². The predicted molar refractivity (Wildman–Crippen MR) is 64.9 cm³/mol. The zero-order valence-corrected chi connectivity index (χ0v) is 11.1. The minimum Gasteiger partial charge on any atom is -0.382 e. The molecular formula is C11H22ClNO3. The van der Waals surface area contributed by atoms with Gasteiger partial charge in [0.2, 0.25) is 5.91 Å². The topological polar surface area (TPSA) is 47.6 Å². The normalized spacial score (nSPS) is 14.5. The van der Waals surface area contributed by atoms with E-state index >= 15 is 0 Å². The molecule has 0 saturated carbocycles. The Morgan fingerprint density at radius 3 is 2.62 bits per heavy atom. The summed E-state index contributed by atoms with van der Waals surface area (Å²) in [5.74, 6) is 0.431. The van der Waals surface area contributed by atoms with E-state index in [1.807, 2.05) is 13.8 Å². The van der Waals surface area contributed by atoms with E-state index < -0.39 is 0 Å². The summed E-state index contributed by atoms with van der Waals surface area (Å²) >= 11 is 5.69. The van der Waals surface area contributed by atoms with Gasteiger partial charge in [-0.1, -0.05) is 6.92 Å². The van der Waals surface area contributed by atoms with Crippen LogP contribution in [0.1, 0.15) is 26.7 Å². The number of methoxy groups -OCH3 is 1. The number of ether oxygens (including phenoxy) is 2. The highest BCUT2D eigenvalue weighted by atomic mass is 35.5. The SMILES string of the molecule is CCC(C)(CCCl)NC(=O)COCCOC. The summed E-state index contributed by atoms with van der Waals surface area (Å²) < 4.78 is 9.94. The molecule has 1 atom stereocenters. The molecule has 0 radical (unpaired) electrons. The molecule has 0 saturated heterocycles. The van der Waals surface area contributed by atoms with Gasteiger partial charge in [-0.25, -0.2) is 0 Å². The van der Waals surface area contributed by atoms with Crippen molar-refractivity contribution >= 4 is 17.5 Å². The van der Waals surface area contributed by atoms with Gasteiger partial charge in [0.05, 0.1) is 13.2 Å². The van der Waals surface area contributed by atoms with Gasteiger partial charge in [0.1, 0.15) is 6.61 Å². The second-order valence-corrected chi connectivity index (χ2v) is 4.32. The van der Waals surface area contributed by atoms with E-state index in [-0.39, 0.29) is 18.1 Å². The fourth-order valence-electron chi connectivity index (χ4n) is 1.22. The minimum atomic E-state index is -0.233. The summed E-state index contributed by atoms with van der Waals surface area (Å²) in [5.41, 5.74) is -0.233. The highest BCUT2D eigenvalue weighted by Gasteiger charge is 2.23. The van der Waals surface area contributed by atoms with Crippen molar-refractivity contribution in [2.75, 3.05) is 32.8 Å². The zero-order valence-electron chi connectivity index (χ0n) is 10.3. The van der Waals surface area contributed by atoms with Gasteiger partial charge in [-0.05, 0) is 19.8 Å². The van der Waals surface area contributed by atoms with Crippen molar-refractivity contribution in [3.05, 3.63) is 0 Å². The number of hydrogen-bond acceptors (Lipinski definition) is 3. The molecule has 1 amide bonds. The van der Waals surface area contributed by atoms with Crippen LogP contribution in [0.25, 0.3) is 0 Å².